The first-order valence-corrected chi connectivity index (χ1v) is 5.82. The molecule has 0 aliphatic carbocycles. The number of halogens is 1. The number of aliphatic carboxylic acids is 1. The highest BCUT2D eigenvalue weighted by molar-refractivity contribution is 5.67. The van der Waals surface area contributed by atoms with Gasteiger partial charge in [-0.05, 0) is 18.1 Å². The van der Waals surface area contributed by atoms with Crippen molar-refractivity contribution in [2.75, 3.05) is 13.1 Å². The van der Waals surface area contributed by atoms with E-state index in [1.807, 2.05) is 4.90 Å². The van der Waals surface area contributed by atoms with Gasteiger partial charge in [-0.2, -0.15) is 0 Å². The van der Waals surface area contributed by atoms with E-state index in [0.29, 0.717) is 18.7 Å². The molecule has 1 aromatic carbocycles. The summed E-state index contributed by atoms with van der Waals surface area (Å²) in [6, 6.07) is 3.37. The normalized spacial score (nSPS) is 16.1. The number of hydrogen-bond donors (Lipinski definition) is 1. The number of benzene rings is 1. The summed E-state index contributed by atoms with van der Waals surface area (Å²) in [5.41, 5.74) is 0.210. The first kappa shape index (κ1) is 13.4. The van der Waals surface area contributed by atoms with Crippen molar-refractivity contribution in [2.45, 2.75) is 13.0 Å². The quantitative estimate of drug-likeness (QED) is 0.648. The molecule has 0 unspecified atom stereocenters. The second kappa shape index (κ2) is 5.31. The monoisotopic (exact) mass is 268 g/mol. The Bertz CT molecular complexity index is 514. The van der Waals surface area contributed by atoms with Gasteiger partial charge in [0.1, 0.15) is 5.82 Å². The smallest absolute Gasteiger partial charge is 0.303 e. The molecule has 0 aromatic heterocycles. The molecular weight excluding hydrogens is 255 g/mol. The van der Waals surface area contributed by atoms with Gasteiger partial charge in [0.2, 0.25) is 0 Å². The molecule has 1 fully saturated rings. The third-order valence-corrected chi connectivity index (χ3v) is 3.13. The van der Waals surface area contributed by atoms with Crippen LogP contribution in [0.15, 0.2) is 18.2 Å². The number of rotatable bonds is 5. The molecule has 0 saturated carbocycles. The maximum absolute atomic E-state index is 13.1. The lowest BCUT2D eigenvalue weighted by molar-refractivity contribution is -0.385. The zero-order chi connectivity index (χ0) is 14.0. The average Bonchev–Trinajstić information content (AvgIpc) is 2.25. The number of carboxylic acids is 1. The van der Waals surface area contributed by atoms with Crippen molar-refractivity contribution in [3.63, 3.8) is 0 Å². The van der Waals surface area contributed by atoms with Crippen LogP contribution in [0.2, 0.25) is 0 Å². The summed E-state index contributed by atoms with van der Waals surface area (Å²) < 4.78 is 13.1. The summed E-state index contributed by atoms with van der Waals surface area (Å²) in [4.78, 5) is 22.6. The highest BCUT2D eigenvalue weighted by Crippen LogP contribution is 2.26. The van der Waals surface area contributed by atoms with Crippen LogP contribution in [0.25, 0.3) is 0 Å². The lowest BCUT2D eigenvalue weighted by Crippen LogP contribution is -2.46. The first-order valence-electron chi connectivity index (χ1n) is 5.82. The van der Waals surface area contributed by atoms with Gasteiger partial charge < -0.3 is 5.11 Å². The van der Waals surface area contributed by atoms with Crippen molar-refractivity contribution >= 4 is 11.7 Å². The molecule has 1 aliphatic heterocycles. The third kappa shape index (κ3) is 3.25. The summed E-state index contributed by atoms with van der Waals surface area (Å²) in [5, 5.41) is 19.4. The van der Waals surface area contributed by atoms with Gasteiger partial charge in [0, 0.05) is 31.3 Å². The molecule has 1 heterocycles. The van der Waals surface area contributed by atoms with Crippen molar-refractivity contribution in [3.8, 4) is 0 Å². The van der Waals surface area contributed by atoms with E-state index in [4.69, 9.17) is 5.11 Å². The van der Waals surface area contributed by atoms with Crippen molar-refractivity contribution in [2.24, 2.45) is 5.92 Å². The second-order valence-electron chi connectivity index (χ2n) is 4.69. The van der Waals surface area contributed by atoms with Crippen molar-refractivity contribution in [1.82, 2.24) is 4.90 Å². The molecule has 102 valence electrons. The molecule has 2 rings (SSSR count). The van der Waals surface area contributed by atoms with Crippen LogP contribution in [-0.2, 0) is 11.3 Å². The molecular formula is C12H13FN2O4. The maximum Gasteiger partial charge on any atom is 0.303 e. The third-order valence-electron chi connectivity index (χ3n) is 3.13. The molecule has 1 N–H and O–H groups in total. The molecule has 7 heteroatoms. The zero-order valence-corrected chi connectivity index (χ0v) is 10.1. The minimum Gasteiger partial charge on any atom is -0.481 e. The van der Waals surface area contributed by atoms with Gasteiger partial charge in [-0.25, -0.2) is 4.39 Å². The van der Waals surface area contributed by atoms with Crippen molar-refractivity contribution in [1.29, 1.82) is 0 Å². The van der Waals surface area contributed by atoms with Gasteiger partial charge >= 0.3 is 5.97 Å². The number of nitro benzene ring substituents is 1. The lowest BCUT2D eigenvalue weighted by atomic mass is 9.95. The predicted octanol–water partition coefficient (Wildman–Crippen LogP) is 1.64. The Morgan fingerprint density at radius 1 is 1.53 bits per heavy atom. The van der Waals surface area contributed by atoms with E-state index in [9.17, 15) is 19.3 Å². The molecule has 19 heavy (non-hydrogen) atoms. The first-order chi connectivity index (χ1) is 8.95. The van der Waals surface area contributed by atoms with Crippen LogP contribution in [0.5, 0.6) is 0 Å². The Kier molecular flexibility index (Phi) is 3.75. The van der Waals surface area contributed by atoms with Gasteiger partial charge in [0.15, 0.2) is 0 Å². The molecule has 6 nitrogen and oxygen atoms in total. The summed E-state index contributed by atoms with van der Waals surface area (Å²) >= 11 is 0. The van der Waals surface area contributed by atoms with Gasteiger partial charge in [-0.3, -0.25) is 19.8 Å². The zero-order valence-electron chi connectivity index (χ0n) is 10.1. The van der Waals surface area contributed by atoms with Crippen LogP contribution in [0.1, 0.15) is 12.0 Å². The maximum atomic E-state index is 13.1. The van der Waals surface area contributed by atoms with Gasteiger partial charge in [-0.15, -0.1) is 0 Å². The lowest BCUT2D eigenvalue weighted by Gasteiger charge is -2.38. The topological polar surface area (TPSA) is 83.7 Å². The summed E-state index contributed by atoms with van der Waals surface area (Å²) in [6.45, 7) is 1.41. The summed E-state index contributed by atoms with van der Waals surface area (Å²) in [6.07, 6.45) is 0.0990. The second-order valence-corrected chi connectivity index (χ2v) is 4.69. The number of hydrogen-bond acceptors (Lipinski definition) is 4. The largest absolute Gasteiger partial charge is 0.481 e. The van der Waals surface area contributed by atoms with Crippen LogP contribution in [0.4, 0.5) is 10.1 Å². The Labute approximate surface area is 108 Å². The minimum atomic E-state index is -0.846. The molecule has 0 bridgehead atoms. The molecule has 0 atom stereocenters. The van der Waals surface area contributed by atoms with E-state index in [-0.39, 0.29) is 24.6 Å². The van der Waals surface area contributed by atoms with E-state index in [1.54, 1.807) is 0 Å². The van der Waals surface area contributed by atoms with Gasteiger partial charge in [-0.1, -0.05) is 0 Å². The molecule has 1 aliphatic rings. The SMILES string of the molecule is O=C(O)CC1CN(Cc2cc(F)ccc2[N+](=O)[O-])C1. The Hall–Kier alpha value is -2.02. The molecule has 0 spiro atoms. The Balaban J connectivity index is 1.99. The number of nitrogens with zero attached hydrogens (tertiary/aromatic N) is 2. The summed E-state index contributed by atoms with van der Waals surface area (Å²) in [7, 11) is 0. The summed E-state index contributed by atoms with van der Waals surface area (Å²) in [5.74, 6) is -1.28. The van der Waals surface area contributed by atoms with Crippen LogP contribution in [0.3, 0.4) is 0 Å². The van der Waals surface area contributed by atoms with E-state index in [1.165, 1.54) is 0 Å². The molecule has 1 aromatic rings. The van der Waals surface area contributed by atoms with Crippen LogP contribution in [0, 0.1) is 21.8 Å². The van der Waals surface area contributed by atoms with E-state index >= 15 is 0 Å². The fraction of sp³-hybridized carbons (Fsp3) is 0.417. The van der Waals surface area contributed by atoms with Gasteiger partial charge in [0.05, 0.1) is 11.3 Å². The average molecular weight is 268 g/mol. The van der Waals surface area contributed by atoms with E-state index in [0.717, 1.165) is 18.2 Å². The highest BCUT2D eigenvalue weighted by Gasteiger charge is 2.30. The van der Waals surface area contributed by atoms with Crippen molar-refractivity contribution in [3.05, 3.63) is 39.7 Å². The number of nitro groups is 1. The van der Waals surface area contributed by atoms with Crippen LogP contribution in [-0.4, -0.2) is 34.0 Å². The number of carboxylic acid groups (broad SMARTS) is 1. The molecule has 0 radical (unpaired) electrons. The van der Waals surface area contributed by atoms with Crippen molar-refractivity contribution < 1.29 is 19.2 Å². The van der Waals surface area contributed by atoms with Gasteiger partial charge in [0.25, 0.3) is 5.69 Å². The van der Waals surface area contributed by atoms with Crippen LogP contribution < -0.4 is 0 Å². The standard InChI is InChI=1S/C12H13FN2O4/c13-10-1-2-11(15(18)19)9(4-10)7-14-5-8(6-14)3-12(16)17/h1-2,4,8H,3,5-7H2,(H,16,17). The molecule has 0 amide bonds. The van der Waals surface area contributed by atoms with E-state index < -0.39 is 16.7 Å². The Morgan fingerprint density at radius 3 is 2.79 bits per heavy atom. The predicted molar refractivity (Wildman–Crippen MR) is 64.1 cm³/mol. The fourth-order valence-electron chi connectivity index (χ4n) is 2.28. The number of carbonyl (C=O) groups is 1. The minimum absolute atomic E-state index is 0.0742. The highest BCUT2D eigenvalue weighted by atomic mass is 19.1. The number of likely N-dealkylation sites (tertiary alicyclic amines) is 1. The molecule has 1 saturated heterocycles. The van der Waals surface area contributed by atoms with E-state index in [2.05, 4.69) is 0 Å². The fourth-order valence-corrected chi connectivity index (χ4v) is 2.28. The van der Waals surface area contributed by atoms with Crippen LogP contribution >= 0.6 is 0 Å². The Morgan fingerprint density at radius 2 is 2.21 bits per heavy atom.